The molecule has 1 amide bonds. The number of rotatable bonds is 14. The lowest BCUT2D eigenvalue weighted by molar-refractivity contribution is -0.132. The molecule has 3 atom stereocenters. The van der Waals surface area contributed by atoms with Gasteiger partial charge in [-0.3, -0.25) is 4.90 Å². The molecule has 10 heteroatoms. The van der Waals surface area contributed by atoms with Crippen LogP contribution in [0.4, 0.5) is 9.18 Å². The van der Waals surface area contributed by atoms with Crippen molar-refractivity contribution in [2.45, 2.75) is 51.4 Å². The van der Waals surface area contributed by atoms with Crippen molar-refractivity contribution in [2.24, 2.45) is 0 Å². The maximum absolute atomic E-state index is 13.6. The molecule has 0 aromatic heterocycles. The third-order valence-electron chi connectivity index (χ3n) is 7.89. The van der Waals surface area contributed by atoms with Crippen LogP contribution in [-0.4, -0.2) is 79.0 Å². The third kappa shape index (κ3) is 8.35. The highest BCUT2D eigenvalue weighted by atomic mass is 31.0. The molecule has 2 aliphatic rings. The van der Waals surface area contributed by atoms with E-state index in [0.717, 1.165) is 53.9 Å². The van der Waals surface area contributed by atoms with Gasteiger partial charge in [0.25, 0.3) is 0 Å². The quantitative estimate of drug-likeness (QED) is 0.250. The number of carbonyl (C=O) groups excluding carboxylic acids is 1. The number of nitrogens with zero attached hydrogens (tertiary/aromatic N) is 2. The Kier molecular flexibility index (Phi) is 11.4. The normalized spacial score (nSPS) is 19.9. The van der Waals surface area contributed by atoms with Crippen LogP contribution in [0, 0.1) is 5.82 Å². The average Bonchev–Trinajstić information content (AvgIpc) is 3.14. The Labute approximate surface area is 261 Å². The van der Waals surface area contributed by atoms with E-state index in [2.05, 4.69) is 33.3 Å². The number of carbonyl (C=O) groups is 2. The molecule has 0 bridgehead atoms. The van der Waals surface area contributed by atoms with E-state index in [9.17, 15) is 19.1 Å². The lowest BCUT2D eigenvalue weighted by Crippen LogP contribution is -2.39. The number of benzene rings is 2. The first kappa shape index (κ1) is 33.4. The summed E-state index contributed by atoms with van der Waals surface area (Å²) in [5, 5.41) is 10.1. The number of amides is 1. The predicted octanol–water partition coefficient (Wildman–Crippen LogP) is 6.21. The molecule has 8 nitrogen and oxygen atoms in total. The number of cyclic esters (lactones) is 1. The SMILES string of the molecule is CCOc1cc(CCCN(C)CCC2(C)CN(C3C=CC=C(C(=O)O)C=C3P)C(=O)O2)cc(COC)c1-c1ccc(F)cc1. The average molecular weight is 625 g/mol. The predicted molar refractivity (Wildman–Crippen MR) is 172 cm³/mol. The zero-order valence-corrected chi connectivity index (χ0v) is 27.0. The molecule has 3 unspecified atom stereocenters. The van der Waals surface area contributed by atoms with Gasteiger partial charge in [0.15, 0.2) is 0 Å². The van der Waals surface area contributed by atoms with Gasteiger partial charge in [-0.2, -0.15) is 0 Å². The highest BCUT2D eigenvalue weighted by molar-refractivity contribution is 7.22. The fraction of sp³-hybridized carbons (Fsp3) is 0.412. The number of halogens is 1. The molecule has 1 aliphatic carbocycles. The first-order valence-corrected chi connectivity index (χ1v) is 15.4. The summed E-state index contributed by atoms with van der Waals surface area (Å²) < 4.78 is 31.0. The summed E-state index contributed by atoms with van der Waals surface area (Å²) in [7, 11) is 6.28. The number of hydrogen-bond acceptors (Lipinski definition) is 6. The smallest absolute Gasteiger partial charge is 0.411 e. The fourth-order valence-electron chi connectivity index (χ4n) is 5.63. The molecule has 0 saturated carbocycles. The number of hydrogen-bond donors (Lipinski definition) is 1. The van der Waals surface area contributed by atoms with E-state index in [0.29, 0.717) is 31.5 Å². The largest absolute Gasteiger partial charge is 0.493 e. The molecular formula is C34H42FN2O6P. The molecule has 1 aliphatic heterocycles. The van der Waals surface area contributed by atoms with Crippen molar-refractivity contribution in [1.29, 1.82) is 0 Å². The second kappa shape index (κ2) is 15.0. The Morgan fingerprint density at radius 2 is 2.00 bits per heavy atom. The van der Waals surface area contributed by atoms with E-state index < -0.39 is 17.7 Å². The number of allylic oxidation sites excluding steroid dienone is 2. The van der Waals surface area contributed by atoms with Gasteiger partial charge in [-0.05, 0) is 92.6 Å². The molecule has 1 N–H and O–H groups in total. The maximum atomic E-state index is 13.6. The molecule has 1 saturated heterocycles. The van der Waals surface area contributed by atoms with E-state index in [1.54, 1.807) is 36.3 Å². The van der Waals surface area contributed by atoms with Gasteiger partial charge < -0.3 is 24.2 Å². The second-order valence-corrected chi connectivity index (χ2v) is 12.2. The van der Waals surface area contributed by atoms with E-state index in [1.807, 2.05) is 19.9 Å². The zero-order valence-electron chi connectivity index (χ0n) is 25.8. The summed E-state index contributed by atoms with van der Waals surface area (Å²) in [4.78, 5) is 28.2. The molecule has 1 heterocycles. The Balaban J connectivity index is 1.34. The highest BCUT2D eigenvalue weighted by Crippen LogP contribution is 2.36. The van der Waals surface area contributed by atoms with Crippen molar-refractivity contribution in [2.75, 3.05) is 40.4 Å². The van der Waals surface area contributed by atoms with Crippen LogP contribution in [0.1, 0.15) is 37.8 Å². The van der Waals surface area contributed by atoms with Gasteiger partial charge in [0.05, 0.1) is 31.4 Å². The van der Waals surface area contributed by atoms with Crippen molar-refractivity contribution >= 4 is 21.3 Å². The molecule has 0 radical (unpaired) electrons. The first-order valence-electron chi connectivity index (χ1n) is 14.8. The lowest BCUT2D eigenvalue weighted by atomic mass is 9.95. The van der Waals surface area contributed by atoms with E-state index in [-0.39, 0.29) is 17.4 Å². The van der Waals surface area contributed by atoms with Crippen molar-refractivity contribution < 1.29 is 33.3 Å². The summed E-state index contributed by atoms with van der Waals surface area (Å²) in [6.07, 6.45) is 8.60. The summed E-state index contributed by atoms with van der Waals surface area (Å²) in [5.74, 6) is -0.534. The van der Waals surface area contributed by atoms with Crippen LogP contribution >= 0.6 is 9.24 Å². The minimum absolute atomic E-state index is 0.165. The Morgan fingerprint density at radius 3 is 2.68 bits per heavy atom. The minimum atomic E-state index is -1.01. The van der Waals surface area contributed by atoms with Crippen molar-refractivity contribution in [3.63, 3.8) is 0 Å². The van der Waals surface area contributed by atoms with Crippen LogP contribution < -0.4 is 4.74 Å². The molecule has 4 rings (SSSR count). The highest BCUT2D eigenvalue weighted by Gasteiger charge is 2.44. The maximum Gasteiger partial charge on any atom is 0.411 e. The van der Waals surface area contributed by atoms with Crippen molar-refractivity contribution in [1.82, 2.24) is 9.80 Å². The fourth-order valence-corrected chi connectivity index (χ4v) is 6.10. The van der Waals surface area contributed by atoms with Gasteiger partial charge in [0, 0.05) is 25.6 Å². The standard InChI is InChI=1S/C34H42FN2O6P/c1-5-42-29-19-23(18-26(21-41-4)31(29)24-11-13-27(35)14-12-24)8-7-16-36(3)17-15-34(2)22-37(33(40)43-34)28-10-6-9-25(32(38)39)20-30(28)44/h6,9-14,18-20,28H,5,7-8,15-17,21-22,44H2,1-4H3,(H,38,39). The van der Waals surface area contributed by atoms with E-state index in [1.165, 1.54) is 18.2 Å². The van der Waals surface area contributed by atoms with Gasteiger partial charge in [-0.1, -0.05) is 30.4 Å². The molecule has 0 spiro atoms. The summed E-state index contributed by atoms with van der Waals surface area (Å²) in [5.41, 5.74) is 3.46. The van der Waals surface area contributed by atoms with Crippen LogP contribution in [0.15, 0.2) is 71.6 Å². The molecule has 2 aromatic carbocycles. The number of aliphatic carboxylic acids is 1. The molecular weight excluding hydrogens is 582 g/mol. The van der Waals surface area contributed by atoms with Crippen LogP contribution in [0.2, 0.25) is 0 Å². The van der Waals surface area contributed by atoms with Crippen molar-refractivity contribution in [3.05, 3.63) is 88.5 Å². The number of carboxylic acids is 1. The Hall–Kier alpha value is -3.52. The summed E-state index contributed by atoms with van der Waals surface area (Å²) >= 11 is 0. The zero-order chi connectivity index (χ0) is 31.9. The number of carboxylic acid groups (broad SMARTS) is 1. The molecule has 2 aromatic rings. The third-order valence-corrected chi connectivity index (χ3v) is 8.40. The van der Waals surface area contributed by atoms with Gasteiger partial charge >= 0.3 is 12.1 Å². The summed E-state index contributed by atoms with van der Waals surface area (Å²) in [6.45, 7) is 6.83. The Bertz CT molecular complexity index is 1410. The monoisotopic (exact) mass is 624 g/mol. The number of methoxy groups -OCH3 is 1. The van der Waals surface area contributed by atoms with Gasteiger partial charge in [-0.15, -0.1) is 9.24 Å². The molecule has 44 heavy (non-hydrogen) atoms. The minimum Gasteiger partial charge on any atom is -0.493 e. The molecule has 1 fully saturated rings. The van der Waals surface area contributed by atoms with Crippen LogP contribution in [-0.2, 0) is 27.3 Å². The number of aryl methyl sites for hydroxylation is 1. The van der Waals surface area contributed by atoms with Crippen LogP contribution in [0.5, 0.6) is 5.75 Å². The topological polar surface area (TPSA) is 88.5 Å². The van der Waals surface area contributed by atoms with Gasteiger partial charge in [0.2, 0.25) is 0 Å². The Morgan fingerprint density at radius 1 is 1.25 bits per heavy atom. The van der Waals surface area contributed by atoms with Gasteiger partial charge in [0.1, 0.15) is 17.2 Å². The second-order valence-electron chi connectivity index (χ2n) is 11.5. The first-order chi connectivity index (χ1) is 21.0. The van der Waals surface area contributed by atoms with E-state index >= 15 is 0 Å². The summed E-state index contributed by atoms with van der Waals surface area (Å²) in [6, 6.07) is 10.3. The van der Waals surface area contributed by atoms with Crippen LogP contribution in [0.3, 0.4) is 0 Å². The lowest BCUT2D eigenvalue weighted by Gasteiger charge is -2.27. The van der Waals surface area contributed by atoms with Crippen LogP contribution in [0.25, 0.3) is 11.1 Å². The van der Waals surface area contributed by atoms with E-state index in [4.69, 9.17) is 14.2 Å². The van der Waals surface area contributed by atoms with Gasteiger partial charge in [-0.25, -0.2) is 14.0 Å². The number of ether oxygens (including phenoxy) is 3. The van der Waals surface area contributed by atoms with Crippen molar-refractivity contribution in [3.8, 4) is 16.9 Å². The molecule has 236 valence electrons.